The summed E-state index contributed by atoms with van der Waals surface area (Å²) in [5, 5.41) is 0. The van der Waals surface area contributed by atoms with Crippen LogP contribution in [0.2, 0.25) is 0 Å². The molecule has 0 aromatic rings. The molecule has 46 valence electrons. The Morgan fingerprint density at radius 1 is 1.00 bits per heavy atom. The van der Waals surface area contributed by atoms with Crippen molar-refractivity contribution in [3.05, 3.63) is 0 Å². The molecule has 0 spiro atoms. The first-order valence-corrected chi connectivity index (χ1v) is 10.7. The van der Waals surface area contributed by atoms with Crippen LogP contribution >= 0.6 is 55.4 Å². The molecule has 0 saturated heterocycles. The summed E-state index contributed by atoms with van der Waals surface area (Å²) in [5.41, 5.74) is 0. The zero-order chi connectivity index (χ0) is 6.28. The van der Waals surface area contributed by atoms with Crippen molar-refractivity contribution in [2.75, 3.05) is 0 Å². The fourth-order valence-corrected chi connectivity index (χ4v) is 0. The Morgan fingerprint density at radius 3 is 1.00 bits per heavy atom. The van der Waals surface area contributed by atoms with Gasteiger partial charge >= 0.3 is 6.73 Å². The zero-order valence-electron chi connectivity index (χ0n) is 3.17. The standard InChI is InChI=1S/Cl3HSi.Cl2H2Si/c1-4(2)3;1-3-2/h4H;3H2. The van der Waals surface area contributed by atoms with Gasteiger partial charge in [-0.05, 0) is 0 Å². The quantitative estimate of drug-likeness (QED) is 0.445. The lowest BCUT2D eigenvalue weighted by Crippen LogP contribution is -1.66. The van der Waals surface area contributed by atoms with Crippen LogP contribution in [0.15, 0.2) is 0 Å². The van der Waals surface area contributed by atoms with E-state index in [2.05, 4.69) is 0 Å². The molecule has 0 aromatic heterocycles. The zero-order valence-corrected chi connectivity index (χ0v) is 9.52. The van der Waals surface area contributed by atoms with Crippen LogP contribution in [0.5, 0.6) is 0 Å². The van der Waals surface area contributed by atoms with E-state index in [0.717, 1.165) is 0 Å². The number of hydrogen-bond donors (Lipinski definition) is 0. The van der Waals surface area contributed by atoms with Crippen LogP contribution in [-0.2, 0) is 0 Å². The van der Waals surface area contributed by atoms with Crippen molar-refractivity contribution in [2.45, 2.75) is 0 Å². The van der Waals surface area contributed by atoms with Gasteiger partial charge in [0, 0.05) is 0 Å². The minimum Gasteiger partial charge on any atom is -0.155 e. The molecule has 7 heavy (non-hydrogen) atoms. The van der Waals surface area contributed by atoms with Gasteiger partial charge in [-0.1, -0.05) is 0 Å². The summed E-state index contributed by atoms with van der Waals surface area (Å²) in [7, 11) is -0.639. The lowest BCUT2D eigenvalue weighted by atomic mass is 27.7. The Kier molecular flexibility index (Phi) is 18.0. The Labute approximate surface area is 70.0 Å². The van der Waals surface area contributed by atoms with Crippen LogP contribution in [0.3, 0.4) is 0 Å². The lowest BCUT2D eigenvalue weighted by molar-refractivity contribution is 4.07. The number of hydrogen-bond acceptors (Lipinski definition) is 0. The monoisotopic (exact) mass is 234 g/mol. The second-order valence-electron chi connectivity index (χ2n) is 0.348. The Morgan fingerprint density at radius 2 is 1.00 bits per heavy atom. The first kappa shape index (κ1) is 11.7. The van der Waals surface area contributed by atoms with Gasteiger partial charge in [0.1, 0.15) is 0 Å². The second-order valence-corrected chi connectivity index (χ2v) is 9.41. The van der Waals surface area contributed by atoms with E-state index < -0.39 is 14.9 Å². The number of halogens is 5. The molecular formula is H3Cl5Si2. The van der Waals surface area contributed by atoms with Gasteiger partial charge in [-0.25, -0.2) is 0 Å². The fourth-order valence-electron chi connectivity index (χ4n) is 0. The highest BCUT2D eigenvalue weighted by Gasteiger charge is 1.85. The molecule has 0 nitrogen and oxygen atoms in total. The summed E-state index contributed by atoms with van der Waals surface area (Å²) in [4.78, 5) is 0. The molecule has 0 fully saturated rings. The SMILES string of the molecule is Cl[SiH2]Cl.Cl[SiH](Cl)Cl. The van der Waals surface area contributed by atoms with Crippen LogP contribution in [0, 0.1) is 0 Å². The first-order chi connectivity index (χ1) is 3.15. The van der Waals surface area contributed by atoms with Crippen LogP contribution in [0.4, 0.5) is 0 Å². The molecule has 0 N–H and O–H groups in total. The molecule has 0 unspecified atom stereocenters. The molecule has 0 bridgehead atoms. The van der Waals surface area contributed by atoms with Crippen LogP contribution in [-0.4, -0.2) is 14.9 Å². The lowest BCUT2D eigenvalue weighted by Gasteiger charge is -1.65. The maximum atomic E-state index is 4.94. The van der Waals surface area contributed by atoms with Gasteiger partial charge in [0.15, 0.2) is 0 Å². The summed E-state index contributed by atoms with van der Waals surface area (Å²) in [5.74, 6) is 0. The molecule has 0 aliphatic rings. The highest BCUT2D eigenvalue weighted by Crippen LogP contribution is 1.97. The summed E-state index contributed by atoms with van der Waals surface area (Å²) in [6, 6.07) is 0. The van der Waals surface area contributed by atoms with E-state index in [1.807, 2.05) is 0 Å². The largest absolute Gasteiger partial charge is 0.326 e. The van der Waals surface area contributed by atoms with Crippen LogP contribution in [0.25, 0.3) is 0 Å². The molecule has 0 rings (SSSR count). The van der Waals surface area contributed by atoms with Crippen molar-refractivity contribution in [2.24, 2.45) is 0 Å². The van der Waals surface area contributed by atoms with E-state index in [0.29, 0.717) is 0 Å². The second kappa shape index (κ2) is 10.8. The topological polar surface area (TPSA) is 0 Å². The molecule has 0 heterocycles. The van der Waals surface area contributed by atoms with Crippen molar-refractivity contribution in [3.8, 4) is 0 Å². The van der Waals surface area contributed by atoms with Crippen molar-refractivity contribution < 1.29 is 0 Å². The predicted octanol–water partition coefficient (Wildman–Crippen LogP) is 1.88. The fraction of sp³-hybridized carbons (Fsp3) is 0. The van der Waals surface area contributed by atoms with Crippen molar-refractivity contribution in [1.29, 1.82) is 0 Å². The normalized spacial score (nSPS) is 7.71. The van der Waals surface area contributed by atoms with Gasteiger partial charge in [-0.15, -0.1) is 33.2 Å². The predicted molar refractivity (Wildman–Crippen MR) is 45.0 cm³/mol. The van der Waals surface area contributed by atoms with E-state index >= 15 is 0 Å². The van der Waals surface area contributed by atoms with Gasteiger partial charge < -0.3 is 0 Å². The van der Waals surface area contributed by atoms with E-state index in [-0.39, 0.29) is 0 Å². The Bertz CT molecular complexity index is 17.3. The maximum Gasteiger partial charge on any atom is 0.326 e. The summed E-state index contributed by atoms with van der Waals surface area (Å²) in [6.07, 6.45) is 0. The molecule has 0 aliphatic carbocycles. The van der Waals surface area contributed by atoms with Gasteiger partial charge in [0.25, 0.3) is 0 Å². The highest BCUT2D eigenvalue weighted by atomic mass is 35.8. The highest BCUT2D eigenvalue weighted by molar-refractivity contribution is 7.54. The van der Waals surface area contributed by atoms with Gasteiger partial charge in [-0.2, -0.15) is 22.2 Å². The van der Waals surface area contributed by atoms with Gasteiger partial charge in [0.05, 0.1) is 0 Å². The third-order valence-electron chi connectivity index (χ3n) is 0. The minimum atomic E-state index is -1.72. The first-order valence-electron chi connectivity index (χ1n) is 1.19. The van der Waals surface area contributed by atoms with E-state index in [9.17, 15) is 0 Å². The van der Waals surface area contributed by atoms with E-state index in [1.165, 1.54) is 0 Å². The molecule has 0 atom stereocenters. The molecule has 0 aromatic carbocycles. The average Bonchev–Trinajstić information content (AvgIpc) is 1.33. The maximum absolute atomic E-state index is 4.94. The molecule has 7 heteroatoms. The summed E-state index contributed by atoms with van der Waals surface area (Å²) >= 11 is 24.6. The van der Waals surface area contributed by atoms with Crippen LogP contribution < -0.4 is 0 Å². The smallest absolute Gasteiger partial charge is 0.155 e. The third kappa shape index (κ3) is 76.9. The molecule has 0 radical (unpaired) electrons. The van der Waals surface area contributed by atoms with Gasteiger partial charge in [0.2, 0.25) is 8.14 Å². The third-order valence-corrected chi connectivity index (χ3v) is 0. The molecule has 0 amide bonds. The molecule has 0 saturated carbocycles. The Hall–Kier alpha value is 1.88. The summed E-state index contributed by atoms with van der Waals surface area (Å²) < 4.78 is 0. The number of rotatable bonds is 0. The van der Waals surface area contributed by atoms with Crippen molar-refractivity contribution in [1.82, 2.24) is 0 Å². The molecular weight excluding hydrogens is 233 g/mol. The van der Waals surface area contributed by atoms with Crippen molar-refractivity contribution >= 4 is 70.3 Å². The summed E-state index contributed by atoms with van der Waals surface area (Å²) in [6.45, 7) is -1.72. The van der Waals surface area contributed by atoms with Gasteiger partial charge in [-0.3, -0.25) is 0 Å². The van der Waals surface area contributed by atoms with E-state index in [4.69, 9.17) is 55.4 Å². The average molecular weight is 236 g/mol. The Balaban J connectivity index is 0. The minimum absolute atomic E-state index is 0.639. The van der Waals surface area contributed by atoms with Crippen molar-refractivity contribution in [3.63, 3.8) is 0 Å². The van der Waals surface area contributed by atoms with Crippen LogP contribution in [0.1, 0.15) is 0 Å². The van der Waals surface area contributed by atoms with E-state index in [1.54, 1.807) is 0 Å². The molecule has 0 aliphatic heterocycles.